The first-order valence-corrected chi connectivity index (χ1v) is 22.8. The molecule has 3 aromatic rings. The first-order valence-electron chi connectivity index (χ1n) is 22.8. The Morgan fingerprint density at radius 3 is 1.62 bits per heavy atom. The minimum atomic E-state index is -1.55. The highest BCUT2D eigenvalue weighted by molar-refractivity contribution is 5.95. The van der Waals surface area contributed by atoms with Crippen LogP contribution in [-0.2, 0) is 47.8 Å². The van der Waals surface area contributed by atoms with Gasteiger partial charge in [0.1, 0.15) is 79.3 Å². The standard InChI is InChI=1S/C54H63FO13/c1-10-11-12-13-38-14-16-39(17-15-38)41-20-23-43(46(55)26-41)45-28-47(67-52(61)34(4)5)44(27-48(45)68-53(62)35(6)7)40-18-21-42(22-19-40)63-29-54(32-66-51(60)33(2)3,30-64-49(58)24-36(8)56)31-65-50(59)25-37(9)57/h18-23,26-28,38-39H,2,4,6,10-17,24-25,29-32H2,1,3,5,7-9H3. The van der Waals surface area contributed by atoms with Crippen LogP contribution in [-0.4, -0.2) is 67.8 Å². The van der Waals surface area contributed by atoms with Crippen LogP contribution in [0.15, 0.2) is 91.1 Å². The largest absolute Gasteiger partial charge is 0.493 e. The molecule has 1 aliphatic carbocycles. The third-order valence-corrected chi connectivity index (χ3v) is 11.4. The van der Waals surface area contributed by atoms with Gasteiger partial charge in [0.15, 0.2) is 0 Å². The number of rotatable bonds is 25. The van der Waals surface area contributed by atoms with Gasteiger partial charge in [-0.25, -0.2) is 18.8 Å². The lowest BCUT2D eigenvalue weighted by Gasteiger charge is -2.32. The van der Waals surface area contributed by atoms with Crippen LogP contribution in [0.3, 0.4) is 0 Å². The summed E-state index contributed by atoms with van der Waals surface area (Å²) in [6.07, 6.45) is 7.90. The molecule has 13 nitrogen and oxygen atoms in total. The van der Waals surface area contributed by atoms with Crippen molar-refractivity contribution in [1.82, 2.24) is 0 Å². The van der Waals surface area contributed by atoms with Crippen molar-refractivity contribution < 1.29 is 66.4 Å². The third kappa shape index (κ3) is 16.3. The lowest BCUT2D eigenvalue weighted by atomic mass is 9.77. The fraction of sp³-hybridized carbons (Fsp3) is 0.426. The number of hydrogen-bond donors (Lipinski definition) is 0. The lowest BCUT2D eigenvalue weighted by molar-refractivity contribution is -0.163. The average Bonchev–Trinajstić information content (AvgIpc) is 3.28. The molecule has 0 radical (unpaired) electrons. The van der Waals surface area contributed by atoms with E-state index in [1.165, 1.54) is 78.5 Å². The van der Waals surface area contributed by atoms with Crippen LogP contribution in [0, 0.1) is 17.2 Å². The molecular formula is C54H63FO13. The van der Waals surface area contributed by atoms with Crippen molar-refractivity contribution in [3.8, 4) is 39.5 Å². The summed E-state index contributed by atoms with van der Waals surface area (Å²) in [4.78, 5) is 87.0. The van der Waals surface area contributed by atoms with Gasteiger partial charge in [0.2, 0.25) is 0 Å². The van der Waals surface area contributed by atoms with E-state index in [1.54, 1.807) is 30.3 Å². The minimum absolute atomic E-state index is 0.000220. The average molecular weight is 939 g/mol. The number of halogens is 1. The summed E-state index contributed by atoms with van der Waals surface area (Å²) in [5.74, 6) is -4.49. The maximum atomic E-state index is 16.4. The molecule has 364 valence electrons. The molecule has 14 heteroatoms. The van der Waals surface area contributed by atoms with Crippen molar-refractivity contribution in [2.75, 3.05) is 26.4 Å². The predicted molar refractivity (Wildman–Crippen MR) is 253 cm³/mol. The van der Waals surface area contributed by atoms with Gasteiger partial charge in [-0.1, -0.05) is 76.6 Å². The van der Waals surface area contributed by atoms with E-state index in [0.717, 1.165) is 31.2 Å². The summed E-state index contributed by atoms with van der Waals surface area (Å²) in [6.45, 7) is 18.0. The Kier molecular flexibility index (Phi) is 20.2. The molecule has 0 atom stereocenters. The first-order chi connectivity index (χ1) is 32.2. The Hall–Kier alpha value is -6.70. The molecule has 4 rings (SSSR count). The Morgan fingerprint density at radius 2 is 1.12 bits per heavy atom. The van der Waals surface area contributed by atoms with Crippen LogP contribution in [0.4, 0.5) is 4.39 Å². The maximum Gasteiger partial charge on any atom is 0.338 e. The number of unbranched alkanes of at least 4 members (excludes halogenated alkanes) is 2. The number of ether oxygens (including phenoxy) is 6. The number of carbonyl (C=O) groups is 7. The minimum Gasteiger partial charge on any atom is -0.493 e. The van der Waals surface area contributed by atoms with Crippen LogP contribution in [0.5, 0.6) is 17.2 Å². The Labute approximate surface area is 398 Å². The molecule has 0 N–H and O–H groups in total. The molecular weight excluding hydrogens is 876 g/mol. The molecule has 1 aliphatic rings. The van der Waals surface area contributed by atoms with Crippen molar-refractivity contribution in [3.05, 3.63) is 102 Å². The highest BCUT2D eigenvalue weighted by atomic mass is 19.1. The number of benzene rings is 3. The van der Waals surface area contributed by atoms with E-state index in [1.807, 2.05) is 6.07 Å². The highest BCUT2D eigenvalue weighted by Crippen LogP contribution is 2.44. The summed E-state index contributed by atoms with van der Waals surface area (Å²) in [5, 5.41) is 0. The zero-order valence-electron chi connectivity index (χ0n) is 40.1. The highest BCUT2D eigenvalue weighted by Gasteiger charge is 2.38. The van der Waals surface area contributed by atoms with Crippen molar-refractivity contribution in [3.63, 3.8) is 0 Å². The summed E-state index contributed by atoms with van der Waals surface area (Å²) < 4.78 is 50.4. The van der Waals surface area contributed by atoms with Crippen molar-refractivity contribution in [2.45, 2.75) is 112 Å². The van der Waals surface area contributed by atoms with Crippen molar-refractivity contribution >= 4 is 41.4 Å². The maximum absolute atomic E-state index is 16.4. The lowest BCUT2D eigenvalue weighted by Crippen LogP contribution is -2.44. The van der Waals surface area contributed by atoms with E-state index >= 15 is 4.39 Å². The molecule has 1 fully saturated rings. The smallest absolute Gasteiger partial charge is 0.338 e. The number of hydrogen-bond acceptors (Lipinski definition) is 13. The van der Waals surface area contributed by atoms with Crippen molar-refractivity contribution in [2.24, 2.45) is 11.3 Å². The zero-order valence-corrected chi connectivity index (χ0v) is 40.1. The van der Waals surface area contributed by atoms with Gasteiger partial charge in [0.05, 0.1) is 0 Å². The summed E-state index contributed by atoms with van der Waals surface area (Å²) in [7, 11) is 0. The number of Topliss-reactive ketones (excluding diaryl/α,β-unsaturated/α-hetero) is 2. The molecule has 68 heavy (non-hydrogen) atoms. The summed E-state index contributed by atoms with van der Waals surface area (Å²) >= 11 is 0. The van der Waals surface area contributed by atoms with Gasteiger partial charge < -0.3 is 28.4 Å². The number of esters is 5. The molecule has 0 unspecified atom stereocenters. The van der Waals surface area contributed by atoms with Crippen molar-refractivity contribution in [1.29, 1.82) is 0 Å². The monoisotopic (exact) mass is 938 g/mol. The van der Waals surface area contributed by atoms with Crippen LogP contribution in [0.2, 0.25) is 0 Å². The molecule has 1 saturated carbocycles. The number of ketones is 2. The molecule has 0 saturated heterocycles. The predicted octanol–water partition coefficient (Wildman–Crippen LogP) is 10.5. The van der Waals surface area contributed by atoms with Gasteiger partial charge in [0, 0.05) is 33.4 Å². The first kappa shape index (κ1) is 53.9. The van der Waals surface area contributed by atoms with Crippen LogP contribution < -0.4 is 14.2 Å². The fourth-order valence-electron chi connectivity index (χ4n) is 7.54. The van der Waals surface area contributed by atoms with E-state index in [9.17, 15) is 33.6 Å². The van der Waals surface area contributed by atoms with Gasteiger partial charge in [-0.15, -0.1) is 0 Å². The van der Waals surface area contributed by atoms with Gasteiger partial charge in [-0.2, -0.15) is 0 Å². The van der Waals surface area contributed by atoms with E-state index in [4.69, 9.17) is 28.4 Å². The Morgan fingerprint density at radius 1 is 0.603 bits per heavy atom. The van der Waals surface area contributed by atoms with Gasteiger partial charge in [-0.05, 0) is 114 Å². The normalized spacial score (nSPS) is 14.5. The summed E-state index contributed by atoms with van der Waals surface area (Å²) in [5.41, 5.74) is 0.532. The third-order valence-electron chi connectivity index (χ3n) is 11.4. The van der Waals surface area contributed by atoms with Gasteiger partial charge in [-0.3, -0.25) is 19.2 Å². The zero-order chi connectivity index (χ0) is 50.1. The van der Waals surface area contributed by atoms with E-state index in [2.05, 4.69) is 26.7 Å². The summed E-state index contributed by atoms with van der Waals surface area (Å²) in [6, 6.07) is 14.2. The number of carbonyl (C=O) groups excluding carboxylic acids is 7. The van der Waals surface area contributed by atoms with Crippen LogP contribution in [0.25, 0.3) is 22.3 Å². The van der Waals surface area contributed by atoms with Crippen LogP contribution >= 0.6 is 0 Å². The second-order valence-electron chi connectivity index (χ2n) is 17.9. The van der Waals surface area contributed by atoms with Gasteiger partial charge >= 0.3 is 29.8 Å². The SMILES string of the molecule is C=C(C)C(=O)OCC(COC(=O)CC(C)=O)(COC(=O)CC(C)=O)COc1ccc(-c2cc(OC(=O)C(=C)C)c(-c3ccc(C4CCC(CCCCC)CC4)cc3F)cc2OC(=O)C(=C)C)cc1. The molecule has 0 amide bonds. The van der Waals surface area contributed by atoms with Crippen LogP contribution in [0.1, 0.15) is 117 Å². The molecule has 3 aromatic carbocycles. The second kappa shape index (κ2) is 25.4. The Balaban J connectivity index is 1.73. The van der Waals surface area contributed by atoms with E-state index in [-0.39, 0.29) is 56.6 Å². The molecule has 0 bridgehead atoms. The van der Waals surface area contributed by atoms with E-state index < -0.39 is 91.9 Å². The van der Waals surface area contributed by atoms with E-state index in [0.29, 0.717) is 11.5 Å². The molecule has 0 aromatic heterocycles. The van der Waals surface area contributed by atoms with Gasteiger partial charge in [0.25, 0.3) is 0 Å². The Bertz CT molecular complexity index is 2360. The quantitative estimate of drug-likeness (QED) is 0.0196. The molecule has 0 spiro atoms. The molecule has 0 aliphatic heterocycles. The molecule has 0 heterocycles. The fourth-order valence-corrected chi connectivity index (χ4v) is 7.54. The topological polar surface area (TPSA) is 175 Å². The second-order valence-corrected chi connectivity index (χ2v) is 17.9.